The number of carbonyl (C=O) groups is 2. The highest BCUT2D eigenvalue weighted by atomic mass is 16.6. The lowest BCUT2D eigenvalue weighted by Gasteiger charge is -2.10. The van der Waals surface area contributed by atoms with Gasteiger partial charge in [0.2, 0.25) is 5.91 Å². The summed E-state index contributed by atoms with van der Waals surface area (Å²) >= 11 is 0. The molecule has 8 nitrogen and oxygen atoms in total. The highest BCUT2D eigenvalue weighted by Crippen LogP contribution is 2.15. The highest BCUT2D eigenvalue weighted by molar-refractivity contribution is 5.99. The Balaban J connectivity index is 1.53. The molecule has 3 aromatic carbocycles. The summed E-state index contributed by atoms with van der Waals surface area (Å²) < 4.78 is 0. The van der Waals surface area contributed by atoms with Crippen molar-refractivity contribution in [1.29, 1.82) is 0 Å². The summed E-state index contributed by atoms with van der Waals surface area (Å²) in [7, 11) is 0. The number of nitro groups is 1. The van der Waals surface area contributed by atoms with Crippen molar-refractivity contribution in [3.05, 3.63) is 106 Å². The molecule has 162 valence electrons. The van der Waals surface area contributed by atoms with Gasteiger partial charge in [-0.2, -0.15) is 0 Å². The van der Waals surface area contributed by atoms with E-state index in [4.69, 9.17) is 0 Å². The van der Waals surface area contributed by atoms with E-state index in [9.17, 15) is 19.7 Å². The van der Waals surface area contributed by atoms with Crippen molar-refractivity contribution in [3.63, 3.8) is 0 Å². The highest BCUT2D eigenvalue weighted by Gasteiger charge is 2.06. The summed E-state index contributed by atoms with van der Waals surface area (Å²) in [6.07, 6.45) is 2.83. The summed E-state index contributed by atoms with van der Waals surface area (Å²) in [5, 5.41) is 19.1. The first-order valence-corrected chi connectivity index (χ1v) is 9.83. The molecule has 0 aliphatic carbocycles. The second-order valence-corrected chi connectivity index (χ2v) is 7.05. The molecule has 3 amide bonds. The third-order valence-corrected chi connectivity index (χ3v) is 4.44. The summed E-state index contributed by atoms with van der Waals surface area (Å²) in [6, 6.07) is 20.3. The van der Waals surface area contributed by atoms with Gasteiger partial charge in [0.25, 0.3) is 5.69 Å². The number of hydrogen-bond acceptors (Lipinski definition) is 4. The summed E-state index contributed by atoms with van der Waals surface area (Å²) in [4.78, 5) is 34.6. The van der Waals surface area contributed by atoms with E-state index in [1.165, 1.54) is 24.3 Å². The van der Waals surface area contributed by atoms with Gasteiger partial charge in [-0.15, -0.1) is 0 Å². The first kappa shape index (κ1) is 22.2. The van der Waals surface area contributed by atoms with Crippen LogP contribution in [0.15, 0.2) is 78.9 Å². The van der Waals surface area contributed by atoms with E-state index in [2.05, 4.69) is 16.0 Å². The lowest BCUT2D eigenvalue weighted by molar-refractivity contribution is -0.384. The Morgan fingerprint density at radius 1 is 0.938 bits per heavy atom. The molecule has 0 saturated heterocycles. The van der Waals surface area contributed by atoms with Crippen LogP contribution in [0.2, 0.25) is 0 Å². The molecule has 0 unspecified atom stereocenters. The minimum Gasteiger partial charge on any atom is -0.348 e. The van der Waals surface area contributed by atoms with Crippen LogP contribution in [0.1, 0.15) is 16.7 Å². The molecule has 8 heteroatoms. The van der Waals surface area contributed by atoms with Crippen LogP contribution in [0.5, 0.6) is 0 Å². The van der Waals surface area contributed by atoms with Gasteiger partial charge < -0.3 is 16.0 Å². The van der Waals surface area contributed by atoms with Gasteiger partial charge in [0.15, 0.2) is 0 Å². The van der Waals surface area contributed by atoms with Gasteiger partial charge in [-0.1, -0.05) is 36.4 Å². The van der Waals surface area contributed by atoms with Crippen LogP contribution in [0.25, 0.3) is 6.08 Å². The molecular weight excluding hydrogens is 408 g/mol. The minimum absolute atomic E-state index is 0.0386. The van der Waals surface area contributed by atoms with E-state index >= 15 is 0 Å². The van der Waals surface area contributed by atoms with Gasteiger partial charge in [0.05, 0.1) is 4.92 Å². The van der Waals surface area contributed by atoms with E-state index in [0.717, 1.165) is 11.1 Å². The van der Waals surface area contributed by atoms with E-state index in [1.54, 1.807) is 36.4 Å². The first-order valence-electron chi connectivity index (χ1n) is 9.83. The molecule has 3 rings (SSSR count). The fourth-order valence-electron chi connectivity index (χ4n) is 2.94. The van der Waals surface area contributed by atoms with Gasteiger partial charge in [-0.3, -0.25) is 14.9 Å². The van der Waals surface area contributed by atoms with E-state index < -0.39 is 4.92 Å². The smallest absolute Gasteiger partial charge is 0.323 e. The molecule has 3 N–H and O–H groups in total. The predicted molar refractivity (Wildman–Crippen MR) is 124 cm³/mol. The number of amides is 3. The zero-order chi connectivity index (χ0) is 22.9. The number of nitrogens with zero attached hydrogens (tertiary/aromatic N) is 1. The molecular formula is C24H22N4O4. The van der Waals surface area contributed by atoms with Gasteiger partial charge in [-0.05, 0) is 54.0 Å². The molecule has 0 heterocycles. The van der Waals surface area contributed by atoms with Crippen LogP contribution in [-0.4, -0.2) is 16.9 Å². The standard InChI is InChI=1S/C24H22N4O4/c1-17-5-2-8-20(13-17)26-24(30)27-21-9-3-7-19(14-21)16-25-23(29)12-11-18-6-4-10-22(15-18)28(31)32/h2-15H,16H2,1H3,(H,25,29)(H2,26,27,30). The maximum absolute atomic E-state index is 12.2. The second kappa shape index (κ2) is 10.5. The summed E-state index contributed by atoms with van der Waals surface area (Å²) in [6.45, 7) is 2.20. The average Bonchev–Trinajstić information content (AvgIpc) is 2.76. The molecule has 0 radical (unpaired) electrons. The summed E-state index contributed by atoms with van der Waals surface area (Å²) in [5.74, 6) is -0.341. The molecule has 0 atom stereocenters. The summed E-state index contributed by atoms with van der Waals surface area (Å²) in [5.41, 5.74) is 3.65. The maximum Gasteiger partial charge on any atom is 0.323 e. The number of benzene rings is 3. The normalized spacial score (nSPS) is 10.5. The van der Waals surface area contributed by atoms with E-state index in [1.807, 2.05) is 31.2 Å². The van der Waals surface area contributed by atoms with Gasteiger partial charge in [0, 0.05) is 36.1 Å². The van der Waals surface area contributed by atoms with Crippen molar-refractivity contribution in [1.82, 2.24) is 5.32 Å². The monoisotopic (exact) mass is 430 g/mol. The Morgan fingerprint density at radius 2 is 1.62 bits per heavy atom. The SMILES string of the molecule is Cc1cccc(NC(=O)Nc2cccc(CNC(=O)C=Cc3cccc([N+](=O)[O-])c3)c2)c1. The topological polar surface area (TPSA) is 113 Å². The number of rotatable bonds is 7. The zero-order valence-corrected chi connectivity index (χ0v) is 17.4. The molecule has 0 aromatic heterocycles. The van der Waals surface area contributed by atoms with Crippen LogP contribution in [0, 0.1) is 17.0 Å². The molecule has 0 spiro atoms. The number of non-ortho nitro benzene ring substituents is 1. The molecule has 32 heavy (non-hydrogen) atoms. The number of nitro benzene ring substituents is 1. The number of urea groups is 1. The maximum atomic E-state index is 12.2. The van der Waals surface area contributed by atoms with Gasteiger partial charge >= 0.3 is 6.03 Å². The Labute approximate surface area is 185 Å². The third kappa shape index (κ3) is 6.81. The predicted octanol–water partition coefficient (Wildman–Crippen LogP) is 4.88. The third-order valence-electron chi connectivity index (χ3n) is 4.44. The Morgan fingerprint density at radius 3 is 2.34 bits per heavy atom. The number of aryl methyl sites for hydroxylation is 1. The Hall–Kier alpha value is -4.46. The van der Waals surface area contributed by atoms with Crippen LogP contribution in [0.3, 0.4) is 0 Å². The molecule has 0 bridgehead atoms. The van der Waals surface area contributed by atoms with Crippen molar-refractivity contribution in [2.75, 3.05) is 10.6 Å². The van der Waals surface area contributed by atoms with Crippen LogP contribution in [-0.2, 0) is 11.3 Å². The molecule has 0 saturated carbocycles. The van der Waals surface area contributed by atoms with Crippen molar-refractivity contribution >= 4 is 35.1 Å². The van der Waals surface area contributed by atoms with Crippen LogP contribution in [0.4, 0.5) is 21.9 Å². The number of nitrogens with one attached hydrogen (secondary N) is 3. The van der Waals surface area contributed by atoms with Crippen molar-refractivity contribution in [3.8, 4) is 0 Å². The molecule has 0 aliphatic heterocycles. The van der Waals surface area contributed by atoms with Gasteiger partial charge in [-0.25, -0.2) is 4.79 Å². The van der Waals surface area contributed by atoms with Crippen LogP contribution >= 0.6 is 0 Å². The minimum atomic E-state index is -0.487. The first-order chi connectivity index (χ1) is 15.4. The lowest BCUT2D eigenvalue weighted by Crippen LogP contribution is -2.21. The zero-order valence-electron chi connectivity index (χ0n) is 17.4. The fourth-order valence-corrected chi connectivity index (χ4v) is 2.94. The number of anilines is 2. The second-order valence-electron chi connectivity index (χ2n) is 7.05. The number of carbonyl (C=O) groups excluding carboxylic acids is 2. The fraction of sp³-hybridized carbons (Fsp3) is 0.0833. The Kier molecular flexibility index (Phi) is 7.32. The lowest BCUT2D eigenvalue weighted by atomic mass is 10.2. The average molecular weight is 430 g/mol. The molecule has 0 fully saturated rings. The number of hydrogen-bond donors (Lipinski definition) is 3. The van der Waals surface area contributed by atoms with E-state index in [-0.39, 0.29) is 24.2 Å². The van der Waals surface area contributed by atoms with E-state index in [0.29, 0.717) is 16.9 Å². The van der Waals surface area contributed by atoms with Gasteiger partial charge in [0.1, 0.15) is 0 Å². The molecule has 0 aliphatic rings. The van der Waals surface area contributed by atoms with Crippen molar-refractivity contribution < 1.29 is 14.5 Å². The largest absolute Gasteiger partial charge is 0.348 e. The van der Waals surface area contributed by atoms with Crippen LogP contribution < -0.4 is 16.0 Å². The van der Waals surface area contributed by atoms with Crippen molar-refractivity contribution in [2.45, 2.75) is 13.5 Å². The quantitative estimate of drug-likeness (QED) is 0.282. The van der Waals surface area contributed by atoms with Crippen molar-refractivity contribution in [2.24, 2.45) is 0 Å². The Bertz CT molecular complexity index is 1170. The molecule has 3 aromatic rings.